The van der Waals surface area contributed by atoms with E-state index in [0.717, 1.165) is 16.3 Å². The average molecular weight is 239 g/mol. The molecular weight excluding hydrogens is 222 g/mol. The van der Waals surface area contributed by atoms with E-state index in [-0.39, 0.29) is 5.78 Å². The Hall–Kier alpha value is -1.93. The number of Topliss-reactive ketones (excluding diaryl/α,β-unsaturated/α-hetero) is 1. The third-order valence-electron chi connectivity index (χ3n) is 3.08. The third-order valence-corrected chi connectivity index (χ3v) is 3.08. The van der Waals surface area contributed by atoms with Gasteiger partial charge in [-0.05, 0) is 22.8 Å². The first-order valence-electron chi connectivity index (χ1n) is 6.08. The Morgan fingerprint density at radius 3 is 2.72 bits per heavy atom. The predicted octanol–water partition coefficient (Wildman–Crippen LogP) is 2.85. The highest BCUT2D eigenvalue weighted by Crippen LogP contribution is 2.19. The van der Waals surface area contributed by atoms with Gasteiger partial charge in [-0.2, -0.15) is 0 Å². The summed E-state index contributed by atoms with van der Waals surface area (Å²) in [5.41, 5.74) is 6.84. The van der Waals surface area contributed by atoms with Gasteiger partial charge in [0.05, 0.1) is 6.04 Å². The second kappa shape index (κ2) is 5.61. The van der Waals surface area contributed by atoms with E-state index < -0.39 is 6.04 Å². The zero-order chi connectivity index (χ0) is 13.0. The van der Waals surface area contributed by atoms with Crippen LogP contribution < -0.4 is 5.73 Å². The van der Waals surface area contributed by atoms with Crippen molar-refractivity contribution in [3.63, 3.8) is 0 Å². The summed E-state index contributed by atoms with van der Waals surface area (Å²) in [6, 6.07) is 13.6. The first kappa shape index (κ1) is 12.5. The first-order valence-corrected chi connectivity index (χ1v) is 6.08. The van der Waals surface area contributed by atoms with Crippen LogP contribution in [0.15, 0.2) is 55.1 Å². The number of carbonyl (C=O) groups is 1. The molecule has 1 atom stereocenters. The third kappa shape index (κ3) is 2.66. The van der Waals surface area contributed by atoms with E-state index in [1.165, 1.54) is 0 Å². The minimum absolute atomic E-state index is 0.0613. The molecule has 0 fully saturated rings. The SMILES string of the molecule is C=CCC(N)C(=O)Cc1cccc2ccccc12. The van der Waals surface area contributed by atoms with Crippen LogP contribution in [0.25, 0.3) is 10.8 Å². The minimum atomic E-state index is -0.443. The van der Waals surface area contributed by atoms with Crippen LogP contribution >= 0.6 is 0 Å². The van der Waals surface area contributed by atoms with E-state index in [1.807, 2.05) is 42.5 Å². The number of carbonyl (C=O) groups excluding carboxylic acids is 1. The lowest BCUT2D eigenvalue weighted by Crippen LogP contribution is -2.31. The molecule has 0 aliphatic rings. The van der Waals surface area contributed by atoms with E-state index in [1.54, 1.807) is 6.08 Å². The molecule has 2 rings (SSSR count). The number of hydrogen-bond acceptors (Lipinski definition) is 2. The van der Waals surface area contributed by atoms with Crippen molar-refractivity contribution in [2.45, 2.75) is 18.9 Å². The molecule has 0 saturated carbocycles. The van der Waals surface area contributed by atoms with Gasteiger partial charge in [0.1, 0.15) is 0 Å². The van der Waals surface area contributed by atoms with Crippen molar-refractivity contribution in [1.82, 2.24) is 0 Å². The van der Waals surface area contributed by atoms with Crippen LogP contribution in [-0.2, 0) is 11.2 Å². The molecule has 0 aromatic heterocycles. The molecular formula is C16H17NO. The van der Waals surface area contributed by atoms with Crippen molar-refractivity contribution >= 4 is 16.6 Å². The van der Waals surface area contributed by atoms with E-state index in [9.17, 15) is 4.79 Å². The number of rotatable bonds is 5. The Morgan fingerprint density at radius 1 is 1.22 bits per heavy atom. The van der Waals surface area contributed by atoms with Crippen molar-refractivity contribution < 1.29 is 4.79 Å². The van der Waals surface area contributed by atoms with Crippen LogP contribution in [0, 0.1) is 0 Å². The fourth-order valence-corrected chi connectivity index (χ4v) is 2.08. The second-order valence-corrected chi connectivity index (χ2v) is 4.41. The number of benzene rings is 2. The van der Waals surface area contributed by atoms with Crippen LogP contribution in [0.4, 0.5) is 0 Å². The highest BCUT2D eigenvalue weighted by molar-refractivity contribution is 5.92. The fraction of sp³-hybridized carbons (Fsp3) is 0.188. The quantitative estimate of drug-likeness (QED) is 0.815. The van der Waals surface area contributed by atoms with Gasteiger partial charge in [0.25, 0.3) is 0 Å². The monoisotopic (exact) mass is 239 g/mol. The highest BCUT2D eigenvalue weighted by atomic mass is 16.1. The van der Waals surface area contributed by atoms with E-state index in [2.05, 4.69) is 6.58 Å². The Labute approximate surface area is 107 Å². The molecule has 0 saturated heterocycles. The summed E-state index contributed by atoms with van der Waals surface area (Å²) < 4.78 is 0. The maximum atomic E-state index is 12.0. The van der Waals surface area contributed by atoms with E-state index in [4.69, 9.17) is 5.73 Å². The molecule has 0 aliphatic carbocycles. The molecule has 1 unspecified atom stereocenters. The van der Waals surface area contributed by atoms with Crippen LogP contribution in [0.2, 0.25) is 0 Å². The molecule has 0 amide bonds. The summed E-state index contributed by atoms with van der Waals surface area (Å²) in [7, 11) is 0. The van der Waals surface area contributed by atoms with Crippen LogP contribution in [0.1, 0.15) is 12.0 Å². The van der Waals surface area contributed by atoms with Crippen LogP contribution in [-0.4, -0.2) is 11.8 Å². The number of hydrogen-bond donors (Lipinski definition) is 1. The van der Waals surface area contributed by atoms with Gasteiger partial charge in [-0.25, -0.2) is 0 Å². The summed E-state index contributed by atoms with van der Waals surface area (Å²) in [6.45, 7) is 3.61. The van der Waals surface area contributed by atoms with Gasteiger partial charge in [0.2, 0.25) is 0 Å². The molecule has 2 aromatic carbocycles. The molecule has 2 heteroatoms. The van der Waals surface area contributed by atoms with Gasteiger partial charge in [0, 0.05) is 6.42 Å². The zero-order valence-corrected chi connectivity index (χ0v) is 10.3. The van der Waals surface area contributed by atoms with Crippen molar-refractivity contribution in [1.29, 1.82) is 0 Å². The second-order valence-electron chi connectivity index (χ2n) is 4.41. The average Bonchev–Trinajstić information content (AvgIpc) is 2.39. The van der Waals surface area contributed by atoms with E-state index >= 15 is 0 Å². The molecule has 2 N–H and O–H groups in total. The normalized spacial score (nSPS) is 12.3. The van der Waals surface area contributed by atoms with Gasteiger partial charge >= 0.3 is 0 Å². The lowest BCUT2D eigenvalue weighted by atomic mass is 9.97. The van der Waals surface area contributed by atoms with Crippen LogP contribution in [0.5, 0.6) is 0 Å². The van der Waals surface area contributed by atoms with Gasteiger partial charge in [-0.15, -0.1) is 6.58 Å². The van der Waals surface area contributed by atoms with Gasteiger partial charge in [-0.1, -0.05) is 48.5 Å². The first-order chi connectivity index (χ1) is 8.72. The van der Waals surface area contributed by atoms with Crippen LogP contribution in [0.3, 0.4) is 0 Å². The minimum Gasteiger partial charge on any atom is -0.321 e. The summed E-state index contributed by atoms with van der Waals surface area (Å²) in [5, 5.41) is 2.28. The molecule has 0 bridgehead atoms. The van der Waals surface area contributed by atoms with Crippen molar-refractivity contribution in [2.24, 2.45) is 5.73 Å². The lowest BCUT2D eigenvalue weighted by Gasteiger charge is -2.10. The molecule has 0 spiro atoms. The number of nitrogens with two attached hydrogens (primary N) is 1. The molecule has 92 valence electrons. The van der Waals surface area contributed by atoms with Gasteiger partial charge in [-0.3, -0.25) is 4.79 Å². The molecule has 18 heavy (non-hydrogen) atoms. The summed E-state index contributed by atoms with van der Waals surface area (Å²) in [6.07, 6.45) is 2.60. The summed E-state index contributed by atoms with van der Waals surface area (Å²) >= 11 is 0. The maximum Gasteiger partial charge on any atom is 0.154 e. The molecule has 0 aliphatic heterocycles. The topological polar surface area (TPSA) is 43.1 Å². The Balaban J connectivity index is 2.26. The number of ketones is 1. The van der Waals surface area contributed by atoms with Crippen molar-refractivity contribution in [2.75, 3.05) is 0 Å². The van der Waals surface area contributed by atoms with Gasteiger partial charge < -0.3 is 5.73 Å². The van der Waals surface area contributed by atoms with E-state index in [0.29, 0.717) is 12.8 Å². The smallest absolute Gasteiger partial charge is 0.154 e. The zero-order valence-electron chi connectivity index (χ0n) is 10.3. The largest absolute Gasteiger partial charge is 0.321 e. The maximum absolute atomic E-state index is 12.0. The molecule has 2 nitrogen and oxygen atoms in total. The Kier molecular flexibility index (Phi) is 3.90. The summed E-state index contributed by atoms with van der Waals surface area (Å²) in [4.78, 5) is 12.0. The molecule has 2 aromatic rings. The van der Waals surface area contributed by atoms with Crippen molar-refractivity contribution in [3.05, 3.63) is 60.7 Å². The van der Waals surface area contributed by atoms with Gasteiger partial charge in [0.15, 0.2) is 5.78 Å². The summed E-state index contributed by atoms with van der Waals surface area (Å²) in [5.74, 6) is 0.0613. The fourth-order valence-electron chi connectivity index (χ4n) is 2.08. The Morgan fingerprint density at radius 2 is 1.94 bits per heavy atom. The molecule has 0 heterocycles. The number of fused-ring (bicyclic) bond motifs is 1. The highest BCUT2D eigenvalue weighted by Gasteiger charge is 2.13. The lowest BCUT2D eigenvalue weighted by molar-refractivity contribution is -0.119. The Bertz CT molecular complexity index is 569. The standard InChI is InChI=1S/C16H17NO/c1-2-6-15(17)16(18)11-13-9-5-8-12-7-3-4-10-14(12)13/h2-5,7-10,15H,1,6,11,17H2. The molecule has 0 radical (unpaired) electrons. The van der Waals surface area contributed by atoms with Crippen molar-refractivity contribution in [3.8, 4) is 0 Å². The predicted molar refractivity (Wildman–Crippen MR) is 75.4 cm³/mol.